The van der Waals surface area contributed by atoms with Crippen LogP contribution < -0.4 is 5.73 Å². The van der Waals surface area contributed by atoms with Gasteiger partial charge in [-0.3, -0.25) is 0 Å². The van der Waals surface area contributed by atoms with E-state index in [2.05, 4.69) is 13.8 Å². The van der Waals surface area contributed by atoms with E-state index < -0.39 is 9.84 Å². The van der Waals surface area contributed by atoms with Crippen LogP contribution in [0.5, 0.6) is 0 Å². The standard InChI is InChI=1S/C8H19NO2S/c1-8(2,7-9)5-4-6-12(3,10)11/h4-7,9H2,1-3H3. The third-order valence-corrected chi connectivity index (χ3v) is 2.95. The molecule has 0 aliphatic heterocycles. The summed E-state index contributed by atoms with van der Waals surface area (Å²) in [7, 11) is -2.80. The highest BCUT2D eigenvalue weighted by molar-refractivity contribution is 7.90. The molecule has 0 atom stereocenters. The van der Waals surface area contributed by atoms with E-state index in [1.165, 1.54) is 6.26 Å². The zero-order valence-corrected chi connectivity index (χ0v) is 8.95. The molecular weight excluding hydrogens is 174 g/mol. The van der Waals surface area contributed by atoms with Crippen LogP contribution in [0.25, 0.3) is 0 Å². The van der Waals surface area contributed by atoms with Gasteiger partial charge < -0.3 is 5.73 Å². The van der Waals surface area contributed by atoms with Gasteiger partial charge in [-0.05, 0) is 24.8 Å². The van der Waals surface area contributed by atoms with E-state index in [1.54, 1.807) is 0 Å². The number of hydrogen-bond acceptors (Lipinski definition) is 3. The molecule has 0 radical (unpaired) electrons. The highest BCUT2D eigenvalue weighted by atomic mass is 32.2. The molecule has 0 aromatic rings. The van der Waals surface area contributed by atoms with Crippen molar-refractivity contribution < 1.29 is 8.42 Å². The van der Waals surface area contributed by atoms with Gasteiger partial charge in [0.05, 0.1) is 0 Å². The van der Waals surface area contributed by atoms with Crippen LogP contribution in [0.1, 0.15) is 26.7 Å². The van der Waals surface area contributed by atoms with Crippen LogP contribution in [0.3, 0.4) is 0 Å². The Hall–Kier alpha value is -0.0900. The normalized spacial score (nSPS) is 13.3. The van der Waals surface area contributed by atoms with Gasteiger partial charge in [0, 0.05) is 12.0 Å². The molecule has 74 valence electrons. The lowest BCUT2D eigenvalue weighted by Gasteiger charge is -2.21. The predicted octanol–water partition coefficient (Wildman–Crippen LogP) is 0.796. The van der Waals surface area contributed by atoms with E-state index in [1.807, 2.05) is 0 Å². The van der Waals surface area contributed by atoms with Gasteiger partial charge in [-0.15, -0.1) is 0 Å². The second-order valence-corrected chi connectivity index (χ2v) is 6.36. The molecule has 0 spiro atoms. The van der Waals surface area contributed by atoms with Crippen LogP contribution in [0.15, 0.2) is 0 Å². The van der Waals surface area contributed by atoms with E-state index in [9.17, 15) is 8.42 Å². The van der Waals surface area contributed by atoms with Gasteiger partial charge >= 0.3 is 0 Å². The summed E-state index contributed by atoms with van der Waals surface area (Å²) in [5, 5.41) is 0. The molecule has 0 aliphatic rings. The Labute approximate surface area is 75.3 Å². The molecule has 0 amide bonds. The van der Waals surface area contributed by atoms with Crippen LogP contribution in [0, 0.1) is 5.41 Å². The van der Waals surface area contributed by atoms with Gasteiger partial charge in [0.15, 0.2) is 0 Å². The van der Waals surface area contributed by atoms with E-state index >= 15 is 0 Å². The molecule has 0 aromatic carbocycles. The molecule has 4 heteroatoms. The summed E-state index contributed by atoms with van der Waals surface area (Å²) in [6.07, 6.45) is 2.85. The first-order valence-electron chi connectivity index (χ1n) is 4.15. The summed E-state index contributed by atoms with van der Waals surface area (Å²) < 4.78 is 21.5. The lowest BCUT2D eigenvalue weighted by Crippen LogP contribution is -2.24. The quantitative estimate of drug-likeness (QED) is 0.702. The predicted molar refractivity (Wildman–Crippen MR) is 51.8 cm³/mol. The number of nitrogens with two attached hydrogens (primary N) is 1. The summed E-state index contributed by atoms with van der Waals surface area (Å²) in [6.45, 7) is 4.71. The Morgan fingerprint density at radius 1 is 1.33 bits per heavy atom. The zero-order chi connectivity index (χ0) is 9.83. The van der Waals surface area contributed by atoms with Crippen molar-refractivity contribution in [3.63, 3.8) is 0 Å². The van der Waals surface area contributed by atoms with Crippen LogP contribution in [-0.4, -0.2) is 27.0 Å². The molecule has 0 saturated heterocycles. The minimum absolute atomic E-state index is 0.0741. The largest absolute Gasteiger partial charge is 0.330 e. The first-order chi connectivity index (χ1) is 5.27. The zero-order valence-electron chi connectivity index (χ0n) is 8.13. The van der Waals surface area contributed by atoms with Crippen molar-refractivity contribution in [2.75, 3.05) is 18.6 Å². The molecule has 0 rings (SSSR count). The Balaban J connectivity index is 3.72. The van der Waals surface area contributed by atoms with Gasteiger partial charge in [0.2, 0.25) is 0 Å². The number of sulfone groups is 1. The molecule has 2 N–H and O–H groups in total. The van der Waals surface area contributed by atoms with Gasteiger partial charge in [0.25, 0.3) is 0 Å². The highest BCUT2D eigenvalue weighted by Gasteiger charge is 2.15. The van der Waals surface area contributed by atoms with Crippen LogP contribution in [0.4, 0.5) is 0 Å². The molecular formula is C8H19NO2S. The van der Waals surface area contributed by atoms with Crippen LogP contribution in [0.2, 0.25) is 0 Å². The SMILES string of the molecule is CC(C)(CN)CCCS(C)(=O)=O. The fourth-order valence-corrected chi connectivity index (χ4v) is 1.58. The van der Waals surface area contributed by atoms with Crippen LogP contribution in [-0.2, 0) is 9.84 Å². The van der Waals surface area contributed by atoms with E-state index in [4.69, 9.17) is 5.73 Å². The molecule has 0 saturated carbocycles. The van der Waals surface area contributed by atoms with Crippen molar-refractivity contribution in [2.24, 2.45) is 11.1 Å². The monoisotopic (exact) mass is 193 g/mol. The minimum atomic E-state index is -2.80. The Kier molecular flexibility index (Phi) is 4.20. The van der Waals surface area contributed by atoms with Crippen molar-refractivity contribution in [3.8, 4) is 0 Å². The third-order valence-electron chi connectivity index (χ3n) is 1.92. The lowest BCUT2D eigenvalue weighted by atomic mass is 9.88. The summed E-state index contributed by atoms with van der Waals surface area (Å²) >= 11 is 0. The smallest absolute Gasteiger partial charge is 0.147 e. The van der Waals surface area contributed by atoms with Gasteiger partial charge in [0.1, 0.15) is 9.84 Å². The summed E-state index contributed by atoms with van der Waals surface area (Å²) in [6, 6.07) is 0. The fraction of sp³-hybridized carbons (Fsp3) is 1.00. The molecule has 0 unspecified atom stereocenters. The Bertz CT molecular complexity index is 219. The average Bonchev–Trinajstić information content (AvgIpc) is 1.84. The molecule has 3 nitrogen and oxygen atoms in total. The third kappa shape index (κ3) is 6.61. The minimum Gasteiger partial charge on any atom is -0.330 e. The molecule has 0 aliphatic carbocycles. The molecule has 12 heavy (non-hydrogen) atoms. The first kappa shape index (κ1) is 11.9. The molecule has 0 bridgehead atoms. The lowest BCUT2D eigenvalue weighted by molar-refractivity contribution is 0.344. The van der Waals surface area contributed by atoms with Crippen molar-refractivity contribution >= 4 is 9.84 Å². The van der Waals surface area contributed by atoms with Gasteiger partial charge in [-0.2, -0.15) is 0 Å². The average molecular weight is 193 g/mol. The second kappa shape index (κ2) is 4.23. The van der Waals surface area contributed by atoms with E-state index in [0.717, 1.165) is 6.42 Å². The van der Waals surface area contributed by atoms with Crippen molar-refractivity contribution in [2.45, 2.75) is 26.7 Å². The molecule has 0 aromatic heterocycles. The maximum Gasteiger partial charge on any atom is 0.147 e. The van der Waals surface area contributed by atoms with Crippen molar-refractivity contribution in [1.82, 2.24) is 0 Å². The van der Waals surface area contributed by atoms with Crippen molar-refractivity contribution in [1.29, 1.82) is 0 Å². The fourth-order valence-electron chi connectivity index (χ4n) is 0.915. The Morgan fingerprint density at radius 2 is 1.83 bits per heavy atom. The van der Waals surface area contributed by atoms with Crippen LogP contribution >= 0.6 is 0 Å². The second-order valence-electron chi connectivity index (χ2n) is 4.10. The maximum absolute atomic E-state index is 10.8. The first-order valence-corrected chi connectivity index (χ1v) is 6.21. The molecule has 0 heterocycles. The highest BCUT2D eigenvalue weighted by Crippen LogP contribution is 2.20. The summed E-state index contributed by atoms with van der Waals surface area (Å²) in [5.74, 6) is 0.274. The topological polar surface area (TPSA) is 60.2 Å². The van der Waals surface area contributed by atoms with E-state index in [0.29, 0.717) is 13.0 Å². The Morgan fingerprint density at radius 3 is 2.17 bits per heavy atom. The van der Waals surface area contributed by atoms with E-state index in [-0.39, 0.29) is 11.2 Å². The summed E-state index contributed by atoms with van der Waals surface area (Å²) in [4.78, 5) is 0. The maximum atomic E-state index is 10.8. The van der Waals surface area contributed by atoms with Crippen molar-refractivity contribution in [3.05, 3.63) is 0 Å². The molecule has 0 fully saturated rings. The van der Waals surface area contributed by atoms with Gasteiger partial charge in [-0.25, -0.2) is 8.42 Å². The number of hydrogen-bond donors (Lipinski definition) is 1. The van der Waals surface area contributed by atoms with Gasteiger partial charge in [-0.1, -0.05) is 13.8 Å². The number of rotatable bonds is 5. The summed E-state index contributed by atoms with van der Waals surface area (Å²) in [5.41, 5.74) is 5.58.